The third-order valence-electron chi connectivity index (χ3n) is 5.59. The summed E-state index contributed by atoms with van der Waals surface area (Å²) in [5.41, 5.74) is 4.99. The van der Waals surface area contributed by atoms with Gasteiger partial charge in [-0.25, -0.2) is 4.98 Å². The van der Waals surface area contributed by atoms with Crippen molar-refractivity contribution in [1.82, 2.24) is 9.55 Å². The molecule has 31 heavy (non-hydrogen) atoms. The van der Waals surface area contributed by atoms with Crippen molar-refractivity contribution >= 4 is 16.6 Å². The van der Waals surface area contributed by atoms with Crippen LogP contribution in [0, 0.1) is 13.8 Å². The lowest BCUT2D eigenvalue weighted by molar-refractivity contribution is 0.415. The van der Waals surface area contributed by atoms with Gasteiger partial charge in [0.2, 0.25) is 0 Å². The number of para-hydroxylation sites is 1. The quantitative estimate of drug-likeness (QED) is 0.431. The number of ether oxygens (including phenoxy) is 1. The third-order valence-corrected chi connectivity index (χ3v) is 5.59. The third kappa shape index (κ3) is 4.45. The van der Waals surface area contributed by atoms with Gasteiger partial charge in [0.25, 0.3) is 5.56 Å². The lowest BCUT2D eigenvalue weighted by Gasteiger charge is -2.15. The molecule has 0 bridgehead atoms. The zero-order chi connectivity index (χ0) is 21.8. The zero-order valence-electron chi connectivity index (χ0n) is 18.2. The number of nitrogens with one attached hydrogen (secondary N) is 1. The first-order valence-corrected chi connectivity index (χ1v) is 10.5. The Kier molecular flexibility index (Phi) is 6.03. The number of anilines is 1. The highest BCUT2D eigenvalue weighted by Gasteiger charge is 2.13. The molecule has 0 unspecified atom stereocenters. The van der Waals surface area contributed by atoms with E-state index >= 15 is 0 Å². The van der Waals surface area contributed by atoms with Gasteiger partial charge in [-0.2, -0.15) is 0 Å². The first-order chi connectivity index (χ1) is 15.1. The first-order valence-electron chi connectivity index (χ1n) is 10.5. The molecular formula is C26H27N3O2. The molecule has 1 N–H and O–H groups in total. The Hall–Kier alpha value is -3.60. The van der Waals surface area contributed by atoms with Gasteiger partial charge in [-0.3, -0.25) is 9.36 Å². The van der Waals surface area contributed by atoms with Gasteiger partial charge >= 0.3 is 0 Å². The molecule has 0 saturated heterocycles. The molecule has 3 aromatic carbocycles. The molecule has 0 aliphatic rings. The number of aromatic nitrogens is 2. The summed E-state index contributed by atoms with van der Waals surface area (Å²) in [6.07, 6.45) is 1.54. The van der Waals surface area contributed by atoms with Gasteiger partial charge in [0.1, 0.15) is 11.6 Å². The summed E-state index contributed by atoms with van der Waals surface area (Å²) in [4.78, 5) is 18.2. The van der Waals surface area contributed by atoms with Gasteiger partial charge in [-0.15, -0.1) is 0 Å². The minimum Gasteiger partial charge on any atom is -0.497 e. The average molecular weight is 414 g/mol. The summed E-state index contributed by atoms with van der Waals surface area (Å²) in [5, 5.41) is 4.06. The normalized spacial score (nSPS) is 10.9. The van der Waals surface area contributed by atoms with Crippen molar-refractivity contribution in [2.24, 2.45) is 0 Å². The standard InChI is InChI=1S/C26H27N3O2/c1-18-10-13-21(17-19(18)2)29-25(28-24-8-5-4-7-23(24)26(29)30)9-6-16-27-20-11-14-22(31-3)15-12-20/h4-5,7-8,10-15,17,27H,6,9,16H2,1-3H3. The highest BCUT2D eigenvalue weighted by molar-refractivity contribution is 5.77. The van der Waals surface area contributed by atoms with E-state index in [4.69, 9.17) is 9.72 Å². The van der Waals surface area contributed by atoms with Crippen LogP contribution in [-0.4, -0.2) is 23.2 Å². The first kappa shape index (κ1) is 20.7. The number of benzene rings is 3. The maximum atomic E-state index is 13.4. The molecule has 0 aliphatic carbocycles. The highest BCUT2D eigenvalue weighted by atomic mass is 16.5. The van der Waals surface area contributed by atoms with E-state index in [1.54, 1.807) is 11.7 Å². The smallest absolute Gasteiger partial charge is 0.265 e. The summed E-state index contributed by atoms with van der Waals surface area (Å²) < 4.78 is 6.97. The summed E-state index contributed by atoms with van der Waals surface area (Å²) in [6, 6.07) is 21.5. The van der Waals surface area contributed by atoms with Gasteiger partial charge in [-0.05, 0) is 79.9 Å². The molecule has 4 rings (SSSR count). The van der Waals surface area contributed by atoms with Crippen LogP contribution >= 0.6 is 0 Å². The molecule has 0 spiro atoms. The Morgan fingerprint density at radius 1 is 0.968 bits per heavy atom. The Morgan fingerprint density at radius 2 is 1.74 bits per heavy atom. The Balaban J connectivity index is 1.60. The van der Waals surface area contributed by atoms with Gasteiger partial charge in [0.15, 0.2) is 0 Å². The van der Waals surface area contributed by atoms with Gasteiger partial charge < -0.3 is 10.1 Å². The van der Waals surface area contributed by atoms with Crippen LogP contribution in [0.5, 0.6) is 5.75 Å². The minimum absolute atomic E-state index is 0.0213. The lowest BCUT2D eigenvalue weighted by Crippen LogP contribution is -2.24. The molecule has 0 radical (unpaired) electrons. The Bertz CT molecular complexity index is 1260. The topological polar surface area (TPSA) is 56.1 Å². The molecule has 0 aliphatic heterocycles. The molecule has 0 saturated carbocycles. The summed E-state index contributed by atoms with van der Waals surface area (Å²) in [7, 11) is 1.66. The van der Waals surface area contributed by atoms with E-state index in [-0.39, 0.29) is 5.56 Å². The zero-order valence-corrected chi connectivity index (χ0v) is 18.2. The SMILES string of the molecule is COc1ccc(NCCCc2nc3ccccc3c(=O)n2-c2ccc(C)c(C)c2)cc1. The molecule has 1 heterocycles. The number of aryl methyl sites for hydroxylation is 3. The van der Waals surface area contributed by atoms with Crippen LogP contribution < -0.4 is 15.6 Å². The molecule has 1 aromatic heterocycles. The van der Waals surface area contributed by atoms with Crippen molar-refractivity contribution in [2.45, 2.75) is 26.7 Å². The van der Waals surface area contributed by atoms with E-state index in [1.807, 2.05) is 54.6 Å². The Labute approximate surface area is 182 Å². The van der Waals surface area contributed by atoms with Crippen molar-refractivity contribution in [2.75, 3.05) is 19.0 Å². The van der Waals surface area contributed by atoms with Crippen LogP contribution in [-0.2, 0) is 6.42 Å². The highest BCUT2D eigenvalue weighted by Crippen LogP contribution is 2.18. The van der Waals surface area contributed by atoms with Crippen LogP contribution in [0.25, 0.3) is 16.6 Å². The number of methoxy groups -OCH3 is 1. The molecule has 0 amide bonds. The fourth-order valence-corrected chi connectivity index (χ4v) is 3.67. The van der Waals surface area contributed by atoms with Crippen LogP contribution in [0.1, 0.15) is 23.4 Å². The molecule has 0 atom stereocenters. The van der Waals surface area contributed by atoms with Gasteiger partial charge in [-0.1, -0.05) is 18.2 Å². The fourth-order valence-electron chi connectivity index (χ4n) is 3.67. The second-order valence-electron chi connectivity index (χ2n) is 7.71. The molecule has 158 valence electrons. The Morgan fingerprint density at radius 3 is 2.48 bits per heavy atom. The van der Waals surface area contributed by atoms with E-state index in [9.17, 15) is 4.79 Å². The molecule has 5 nitrogen and oxygen atoms in total. The molecule has 4 aromatic rings. The second-order valence-corrected chi connectivity index (χ2v) is 7.71. The van der Waals surface area contributed by atoms with Crippen molar-refractivity contribution in [3.05, 3.63) is 94.0 Å². The number of nitrogens with zero attached hydrogens (tertiary/aromatic N) is 2. The van der Waals surface area contributed by atoms with Crippen molar-refractivity contribution in [3.63, 3.8) is 0 Å². The van der Waals surface area contributed by atoms with Gasteiger partial charge in [0.05, 0.1) is 23.7 Å². The number of rotatable bonds is 7. The van der Waals surface area contributed by atoms with E-state index in [0.717, 1.165) is 47.0 Å². The van der Waals surface area contributed by atoms with Crippen molar-refractivity contribution in [1.29, 1.82) is 0 Å². The molecule has 0 fully saturated rings. The number of hydrogen-bond acceptors (Lipinski definition) is 4. The second kappa shape index (κ2) is 9.04. The fraction of sp³-hybridized carbons (Fsp3) is 0.231. The molecular weight excluding hydrogens is 386 g/mol. The van der Waals surface area contributed by atoms with Crippen LogP contribution in [0.2, 0.25) is 0 Å². The summed E-state index contributed by atoms with van der Waals surface area (Å²) in [6.45, 7) is 4.92. The van der Waals surface area contributed by atoms with Crippen LogP contribution in [0.4, 0.5) is 5.69 Å². The number of fused-ring (bicyclic) bond motifs is 1. The average Bonchev–Trinajstić information content (AvgIpc) is 2.79. The monoisotopic (exact) mass is 413 g/mol. The largest absolute Gasteiger partial charge is 0.497 e. The predicted octanol–water partition coefficient (Wildman–Crippen LogP) is 5.06. The summed E-state index contributed by atoms with van der Waals surface area (Å²) in [5.74, 6) is 1.62. The molecule has 5 heteroatoms. The van der Waals surface area contributed by atoms with E-state index in [1.165, 1.54) is 5.56 Å². The maximum absolute atomic E-state index is 13.4. The number of hydrogen-bond donors (Lipinski definition) is 1. The van der Waals surface area contributed by atoms with Crippen LogP contribution in [0.3, 0.4) is 0 Å². The predicted molar refractivity (Wildman–Crippen MR) is 127 cm³/mol. The summed E-state index contributed by atoms with van der Waals surface area (Å²) >= 11 is 0. The van der Waals surface area contributed by atoms with Crippen LogP contribution in [0.15, 0.2) is 71.5 Å². The van der Waals surface area contributed by atoms with E-state index in [0.29, 0.717) is 11.8 Å². The van der Waals surface area contributed by atoms with E-state index in [2.05, 4.69) is 31.3 Å². The van der Waals surface area contributed by atoms with E-state index < -0.39 is 0 Å². The van der Waals surface area contributed by atoms with Crippen molar-refractivity contribution in [3.8, 4) is 11.4 Å². The van der Waals surface area contributed by atoms with Crippen molar-refractivity contribution < 1.29 is 4.74 Å². The minimum atomic E-state index is -0.0213. The van der Waals surface area contributed by atoms with Gasteiger partial charge in [0, 0.05) is 18.7 Å². The maximum Gasteiger partial charge on any atom is 0.265 e. The lowest BCUT2D eigenvalue weighted by atomic mass is 10.1.